The highest BCUT2D eigenvalue weighted by molar-refractivity contribution is 7.80. The topological polar surface area (TPSA) is 44.4 Å². The van der Waals surface area contributed by atoms with Gasteiger partial charge in [0, 0.05) is 18.6 Å². The van der Waals surface area contributed by atoms with Crippen molar-refractivity contribution in [3.63, 3.8) is 0 Å². The van der Waals surface area contributed by atoms with Crippen LogP contribution >= 0.6 is 12.2 Å². The summed E-state index contributed by atoms with van der Waals surface area (Å²) in [6, 6.07) is 40.4. The monoisotopic (exact) mass is 557 g/mol. The summed E-state index contributed by atoms with van der Waals surface area (Å²) in [5.41, 5.74) is 3.48. The van der Waals surface area contributed by atoms with E-state index in [0.717, 1.165) is 22.3 Å². The molecule has 206 valence electrons. The van der Waals surface area contributed by atoms with Crippen molar-refractivity contribution in [2.45, 2.75) is 31.1 Å². The summed E-state index contributed by atoms with van der Waals surface area (Å²) >= 11 is 6.21. The maximum Gasteiger partial charge on any atom is 0.170 e. The Balaban J connectivity index is 1.65. The highest BCUT2D eigenvalue weighted by atomic mass is 32.1. The van der Waals surface area contributed by atoms with E-state index in [1.807, 2.05) is 66.7 Å². The second kappa shape index (κ2) is 11.4. The van der Waals surface area contributed by atoms with E-state index in [4.69, 9.17) is 12.2 Å². The molecular weight excluding hydrogens is 522 g/mol. The fourth-order valence-corrected chi connectivity index (χ4v) is 7.36. The molecular formula is C36H35N3OS. The molecule has 2 N–H and O–H groups in total. The number of benzene rings is 4. The van der Waals surface area contributed by atoms with Crippen molar-refractivity contribution in [1.82, 2.24) is 15.5 Å². The molecule has 4 nitrogen and oxygen atoms in total. The third kappa shape index (κ3) is 4.69. The predicted molar refractivity (Wildman–Crippen MR) is 169 cm³/mol. The van der Waals surface area contributed by atoms with Crippen molar-refractivity contribution in [3.8, 4) is 0 Å². The number of hydrogen-bond donors (Lipinski definition) is 2. The summed E-state index contributed by atoms with van der Waals surface area (Å²) in [6.45, 7) is 6.59. The predicted octanol–water partition coefficient (Wildman–Crippen LogP) is 7.12. The van der Waals surface area contributed by atoms with Crippen LogP contribution in [-0.2, 0) is 4.79 Å². The van der Waals surface area contributed by atoms with Crippen LogP contribution in [-0.4, -0.2) is 22.3 Å². The van der Waals surface area contributed by atoms with E-state index >= 15 is 4.79 Å². The van der Waals surface area contributed by atoms with Gasteiger partial charge in [-0.25, -0.2) is 0 Å². The lowest BCUT2D eigenvalue weighted by molar-refractivity contribution is -0.159. The molecule has 4 aromatic rings. The van der Waals surface area contributed by atoms with Crippen molar-refractivity contribution >= 4 is 23.1 Å². The summed E-state index contributed by atoms with van der Waals surface area (Å²) < 4.78 is 0. The van der Waals surface area contributed by atoms with Crippen LogP contribution in [0.1, 0.15) is 53.3 Å². The first-order valence-corrected chi connectivity index (χ1v) is 14.6. The number of rotatable bonds is 6. The average molecular weight is 558 g/mol. The molecule has 6 atom stereocenters. The van der Waals surface area contributed by atoms with Crippen LogP contribution in [0.15, 0.2) is 134 Å². The Morgan fingerprint density at radius 1 is 0.829 bits per heavy atom. The van der Waals surface area contributed by atoms with Gasteiger partial charge in [-0.3, -0.25) is 4.79 Å². The normalized spacial score (nSPS) is 27.2. The quantitative estimate of drug-likeness (QED) is 0.195. The molecule has 0 saturated carbocycles. The van der Waals surface area contributed by atoms with E-state index in [9.17, 15) is 0 Å². The van der Waals surface area contributed by atoms with Gasteiger partial charge in [-0.1, -0.05) is 127 Å². The van der Waals surface area contributed by atoms with E-state index in [1.165, 1.54) is 0 Å². The molecule has 0 spiro atoms. The van der Waals surface area contributed by atoms with Gasteiger partial charge in [0.05, 0.1) is 23.4 Å². The number of nitrogens with one attached hydrogen (secondary N) is 2. The molecule has 2 heterocycles. The smallest absolute Gasteiger partial charge is 0.170 e. The molecule has 6 unspecified atom stereocenters. The van der Waals surface area contributed by atoms with Gasteiger partial charge in [-0.2, -0.15) is 0 Å². The van der Waals surface area contributed by atoms with Gasteiger partial charge in [0.25, 0.3) is 0 Å². The molecule has 5 heteroatoms. The summed E-state index contributed by atoms with van der Waals surface area (Å²) in [7, 11) is 0. The van der Waals surface area contributed by atoms with Crippen molar-refractivity contribution < 1.29 is 4.79 Å². The fraction of sp³-hybridized carbons (Fsp3) is 0.222. The molecule has 0 aromatic heterocycles. The Bertz CT molecular complexity index is 1510. The number of nitrogens with zero attached hydrogens (tertiary/aromatic N) is 1. The molecule has 2 aliphatic rings. The Morgan fingerprint density at radius 3 is 1.85 bits per heavy atom. The van der Waals surface area contributed by atoms with Crippen molar-refractivity contribution in [2.75, 3.05) is 6.54 Å². The van der Waals surface area contributed by atoms with E-state index in [-0.39, 0.29) is 35.9 Å². The van der Waals surface area contributed by atoms with Crippen LogP contribution in [0, 0.1) is 11.3 Å². The molecule has 0 aliphatic carbocycles. The van der Waals surface area contributed by atoms with Crippen LogP contribution < -0.4 is 10.6 Å². The van der Waals surface area contributed by atoms with E-state index < -0.39 is 5.41 Å². The zero-order valence-electron chi connectivity index (χ0n) is 23.2. The number of carbonyl (C=O) groups is 1. The van der Waals surface area contributed by atoms with Crippen LogP contribution in [0.3, 0.4) is 0 Å². The second-order valence-electron chi connectivity index (χ2n) is 11.1. The number of piperidine rings is 2. The summed E-state index contributed by atoms with van der Waals surface area (Å²) in [4.78, 5) is 17.6. The molecule has 0 amide bonds. The second-order valence-corrected chi connectivity index (χ2v) is 11.5. The first kappa shape index (κ1) is 27.1. The SMILES string of the molecule is C=CCNC(=S)N1C(c2ccccc2)C2C(=O)C(C)(C(c3ccccc3)NC2c2ccccc2)C1c1ccccc1. The number of hydrogen-bond acceptors (Lipinski definition) is 3. The maximum absolute atomic E-state index is 15.3. The molecule has 2 aliphatic heterocycles. The highest BCUT2D eigenvalue weighted by Gasteiger charge is 2.65. The number of thiocarbonyl (C=S) groups is 1. The Kier molecular flexibility index (Phi) is 7.57. The van der Waals surface area contributed by atoms with E-state index in [1.54, 1.807) is 0 Å². The van der Waals surface area contributed by atoms with Crippen molar-refractivity contribution in [2.24, 2.45) is 11.3 Å². The van der Waals surface area contributed by atoms with Crippen molar-refractivity contribution in [1.29, 1.82) is 0 Å². The highest BCUT2D eigenvalue weighted by Crippen LogP contribution is 2.62. The van der Waals surface area contributed by atoms with Gasteiger partial charge < -0.3 is 15.5 Å². The molecule has 6 rings (SSSR count). The largest absolute Gasteiger partial charge is 0.359 e. The minimum absolute atomic E-state index is 0.214. The molecule has 2 bridgehead atoms. The minimum Gasteiger partial charge on any atom is -0.359 e. The van der Waals surface area contributed by atoms with E-state index in [0.29, 0.717) is 11.7 Å². The van der Waals surface area contributed by atoms with Crippen molar-refractivity contribution in [3.05, 3.63) is 156 Å². The zero-order valence-corrected chi connectivity index (χ0v) is 24.0. The van der Waals surface area contributed by atoms with Crippen LogP contribution in [0.2, 0.25) is 0 Å². The lowest BCUT2D eigenvalue weighted by Crippen LogP contribution is -2.68. The summed E-state index contributed by atoms with van der Waals surface area (Å²) in [5.74, 6) is -0.127. The molecule has 4 aromatic carbocycles. The first-order valence-electron chi connectivity index (χ1n) is 14.2. The number of ketones is 1. The van der Waals surface area contributed by atoms with Gasteiger partial charge in [0.2, 0.25) is 0 Å². The molecule has 2 fully saturated rings. The lowest BCUT2D eigenvalue weighted by atomic mass is 9.55. The standard InChI is InChI=1S/C36H35N3OS/c1-3-24-37-35(41)39-31(26-18-10-5-11-19-26)29-30(25-16-8-4-9-17-25)38-32(27-20-12-6-13-21-27)36(2,34(29)40)33(39)28-22-14-7-15-23-28/h3-23,29-33,38H,1,24H2,2H3,(H,37,41). The molecule has 41 heavy (non-hydrogen) atoms. The molecule has 2 saturated heterocycles. The number of carbonyl (C=O) groups excluding carboxylic acids is 1. The fourth-order valence-electron chi connectivity index (χ4n) is 7.06. The van der Waals surface area contributed by atoms with Gasteiger partial charge in [-0.15, -0.1) is 6.58 Å². The van der Waals surface area contributed by atoms with Crippen LogP contribution in [0.25, 0.3) is 0 Å². The Labute approximate surface area is 248 Å². The lowest BCUT2D eigenvalue weighted by Gasteiger charge is -2.62. The van der Waals surface area contributed by atoms with Gasteiger partial charge in [-0.05, 0) is 41.4 Å². The number of fused-ring (bicyclic) bond motifs is 2. The number of likely N-dealkylation sites (tertiary alicyclic amines) is 1. The first-order chi connectivity index (χ1) is 20.1. The summed E-state index contributed by atoms with van der Waals surface area (Å²) in [5, 5.41) is 8.10. The Hall–Kier alpha value is -4.06. The Morgan fingerprint density at radius 2 is 1.32 bits per heavy atom. The number of Topliss-reactive ketones (excluding diaryl/α,β-unsaturated/α-hetero) is 1. The zero-order chi connectivity index (χ0) is 28.4. The molecule has 0 radical (unpaired) electrons. The van der Waals surface area contributed by atoms with Gasteiger partial charge in [0.1, 0.15) is 5.78 Å². The average Bonchev–Trinajstić information content (AvgIpc) is 3.02. The third-order valence-corrected chi connectivity index (χ3v) is 9.16. The van der Waals surface area contributed by atoms with Crippen LogP contribution in [0.5, 0.6) is 0 Å². The van der Waals surface area contributed by atoms with Gasteiger partial charge >= 0.3 is 0 Å². The van der Waals surface area contributed by atoms with Crippen LogP contribution in [0.4, 0.5) is 0 Å². The minimum atomic E-state index is -0.830. The van der Waals surface area contributed by atoms with Gasteiger partial charge in [0.15, 0.2) is 5.11 Å². The maximum atomic E-state index is 15.3. The van der Waals surface area contributed by atoms with E-state index in [2.05, 4.69) is 89.7 Å². The summed E-state index contributed by atoms with van der Waals surface area (Å²) in [6.07, 6.45) is 1.82. The third-order valence-electron chi connectivity index (χ3n) is 8.80.